The van der Waals surface area contributed by atoms with Crippen LogP contribution in [0.5, 0.6) is 5.75 Å². The van der Waals surface area contributed by atoms with Gasteiger partial charge in [0.2, 0.25) is 15.9 Å². The number of carbonyl (C=O) groups excluding carboxylic acids is 1. The van der Waals surface area contributed by atoms with E-state index in [1.165, 1.54) is 25.3 Å². The van der Waals surface area contributed by atoms with Crippen molar-refractivity contribution in [3.63, 3.8) is 0 Å². The van der Waals surface area contributed by atoms with E-state index >= 15 is 0 Å². The number of benzene rings is 2. The van der Waals surface area contributed by atoms with Crippen LogP contribution in [0.25, 0.3) is 0 Å². The average molecular weight is 431 g/mol. The van der Waals surface area contributed by atoms with Crippen LogP contribution in [-0.2, 0) is 14.8 Å². The molecule has 0 saturated carbocycles. The molecule has 6 nitrogen and oxygen atoms in total. The molecule has 1 unspecified atom stereocenters. The van der Waals surface area contributed by atoms with Gasteiger partial charge in [0.1, 0.15) is 11.8 Å². The molecule has 0 aromatic heterocycles. The molecule has 0 saturated heterocycles. The number of halogens is 2. The molecule has 0 bridgehead atoms. The molecule has 27 heavy (non-hydrogen) atoms. The minimum atomic E-state index is -3.74. The predicted molar refractivity (Wildman–Crippen MR) is 109 cm³/mol. The highest BCUT2D eigenvalue weighted by Crippen LogP contribution is 2.28. The number of hydrogen-bond donors (Lipinski definition) is 1. The average Bonchev–Trinajstić information content (AvgIpc) is 2.57. The van der Waals surface area contributed by atoms with Crippen molar-refractivity contribution in [1.82, 2.24) is 0 Å². The van der Waals surface area contributed by atoms with Crippen molar-refractivity contribution in [3.05, 3.63) is 52.5 Å². The number of hydrogen-bond acceptors (Lipinski definition) is 4. The Morgan fingerprint density at radius 3 is 2.33 bits per heavy atom. The molecule has 0 aliphatic rings. The zero-order chi connectivity index (χ0) is 20.2. The maximum Gasteiger partial charge on any atom is 0.248 e. The first-order chi connectivity index (χ1) is 12.7. The lowest BCUT2D eigenvalue weighted by molar-refractivity contribution is -0.117. The first-order valence-electron chi connectivity index (χ1n) is 8.06. The molecular formula is C18H20Cl2N2O4S. The maximum atomic E-state index is 12.8. The van der Waals surface area contributed by atoms with E-state index in [0.29, 0.717) is 27.2 Å². The van der Waals surface area contributed by atoms with Gasteiger partial charge in [-0.25, -0.2) is 8.42 Å². The van der Waals surface area contributed by atoms with Gasteiger partial charge in [0.05, 0.1) is 19.1 Å². The summed E-state index contributed by atoms with van der Waals surface area (Å²) in [5.41, 5.74) is 0.720. The predicted octanol–water partition coefficient (Wildman–Crippen LogP) is 4.19. The number of rotatable bonds is 7. The normalized spacial score (nSPS) is 12.3. The van der Waals surface area contributed by atoms with Gasteiger partial charge in [-0.05, 0) is 36.8 Å². The molecular weight excluding hydrogens is 411 g/mol. The summed E-state index contributed by atoms with van der Waals surface area (Å²) in [6.07, 6.45) is 1.31. The summed E-state index contributed by atoms with van der Waals surface area (Å²) in [5, 5.41) is 3.40. The highest BCUT2D eigenvalue weighted by Gasteiger charge is 2.31. The molecule has 146 valence electrons. The number of amides is 1. The fourth-order valence-electron chi connectivity index (χ4n) is 2.66. The zero-order valence-corrected chi connectivity index (χ0v) is 17.4. The van der Waals surface area contributed by atoms with Crippen LogP contribution in [-0.4, -0.2) is 33.7 Å². The van der Waals surface area contributed by atoms with Gasteiger partial charge in [0, 0.05) is 21.8 Å². The molecule has 0 fully saturated rings. The Bertz CT molecular complexity index is 914. The molecule has 2 aromatic rings. The first kappa shape index (κ1) is 21.3. The third-order valence-electron chi connectivity index (χ3n) is 3.77. The second-order valence-electron chi connectivity index (χ2n) is 5.83. The summed E-state index contributed by atoms with van der Waals surface area (Å²) in [6, 6.07) is 10.2. The third-order valence-corrected chi connectivity index (χ3v) is 5.38. The number of nitrogens with one attached hydrogen (secondary N) is 1. The molecule has 2 rings (SSSR count). The lowest BCUT2D eigenvalue weighted by Gasteiger charge is -2.30. The van der Waals surface area contributed by atoms with E-state index in [4.69, 9.17) is 27.9 Å². The minimum absolute atomic E-state index is 0.254. The van der Waals surface area contributed by atoms with E-state index in [1.807, 2.05) is 0 Å². The van der Waals surface area contributed by atoms with Crippen molar-refractivity contribution in [2.24, 2.45) is 0 Å². The Hall–Kier alpha value is -1.96. The van der Waals surface area contributed by atoms with Crippen molar-refractivity contribution >= 4 is 50.5 Å². The van der Waals surface area contributed by atoms with E-state index in [1.54, 1.807) is 31.2 Å². The lowest BCUT2D eigenvalue weighted by Crippen LogP contribution is -2.47. The molecule has 0 heterocycles. The Morgan fingerprint density at radius 1 is 1.19 bits per heavy atom. The van der Waals surface area contributed by atoms with E-state index in [-0.39, 0.29) is 6.42 Å². The van der Waals surface area contributed by atoms with E-state index < -0.39 is 22.0 Å². The summed E-state index contributed by atoms with van der Waals surface area (Å²) in [4.78, 5) is 12.8. The Balaban J connectivity index is 2.41. The topological polar surface area (TPSA) is 75.7 Å². The molecule has 0 aliphatic heterocycles. The summed E-state index contributed by atoms with van der Waals surface area (Å²) in [5.74, 6) is -0.0119. The summed E-state index contributed by atoms with van der Waals surface area (Å²) >= 11 is 11.9. The first-order valence-corrected chi connectivity index (χ1v) is 10.7. The smallest absolute Gasteiger partial charge is 0.248 e. The second-order valence-corrected chi connectivity index (χ2v) is 8.56. The zero-order valence-electron chi connectivity index (χ0n) is 15.1. The van der Waals surface area contributed by atoms with Crippen LogP contribution < -0.4 is 14.4 Å². The fourth-order valence-corrected chi connectivity index (χ4v) is 4.39. The van der Waals surface area contributed by atoms with Crippen LogP contribution in [0.15, 0.2) is 42.5 Å². The van der Waals surface area contributed by atoms with E-state index in [9.17, 15) is 13.2 Å². The highest BCUT2D eigenvalue weighted by atomic mass is 35.5. The molecule has 0 radical (unpaired) electrons. The van der Waals surface area contributed by atoms with Gasteiger partial charge in [-0.15, -0.1) is 0 Å². The number of anilines is 2. The number of ether oxygens (including phenoxy) is 1. The SMILES string of the molecule is CCC(C(=O)Nc1cc(Cl)cc(Cl)c1)N(c1cccc(OC)c1)S(C)(=O)=O. The van der Waals surface area contributed by atoms with Gasteiger partial charge in [-0.3, -0.25) is 9.10 Å². The Kier molecular flexibility index (Phi) is 6.97. The minimum Gasteiger partial charge on any atom is -0.497 e. The fraction of sp³-hybridized carbons (Fsp3) is 0.278. The maximum absolute atomic E-state index is 12.8. The number of carbonyl (C=O) groups is 1. The lowest BCUT2D eigenvalue weighted by atomic mass is 10.1. The van der Waals surface area contributed by atoms with Gasteiger partial charge in [-0.1, -0.05) is 36.2 Å². The number of methoxy groups -OCH3 is 1. The van der Waals surface area contributed by atoms with Gasteiger partial charge in [0.25, 0.3) is 0 Å². The van der Waals surface area contributed by atoms with Gasteiger partial charge < -0.3 is 10.1 Å². The van der Waals surface area contributed by atoms with E-state index in [0.717, 1.165) is 10.6 Å². The van der Waals surface area contributed by atoms with Gasteiger partial charge in [0.15, 0.2) is 0 Å². The molecule has 0 aliphatic carbocycles. The largest absolute Gasteiger partial charge is 0.497 e. The van der Waals surface area contributed by atoms with Gasteiger partial charge in [-0.2, -0.15) is 0 Å². The number of nitrogens with zero attached hydrogens (tertiary/aromatic N) is 1. The van der Waals surface area contributed by atoms with Crippen LogP contribution in [0.3, 0.4) is 0 Å². The molecule has 1 N–H and O–H groups in total. The van der Waals surface area contributed by atoms with E-state index in [2.05, 4.69) is 5.32 Å². The summed E-state index contributed by atoms with van der Waals surface area (Å²) in [6.45, 7) is 1.73. The van der Waals surface area contributed by atoms with Crippen LogP contribution in [0.2, 0.25) is 10.0 Å². The van der Waals surface area contributed by atoms with Gasteiger partial charge >= 0.3 is 0 Å². The Morgan fingerprint density at radius 2 is 1.81 bits per heavy atom. The van der Waals surface area contributed by atoms with Crippen molar-refractivity contribution in [2.45, 2.75) is 19.4 Å². The summed E-state index contributed by atoms with van der Waals surface area (Å²) < 4.78 is 31.2. The summed E-state index contributed by atoms with van der Waals surface area (Å²) in [7, 11) is -2.26. The Labute approximate surface area is 169 Å². The molecule has 2 aromatic carbocycles. The van der Waals surface area contributed by atoms with Crippen LogP contribution in [0.1, 0.15) is 13.3 Å². The van der Waals surface area contributed by atoms with Crippen LogP contribution in [0.4, 0.5) is 11.4 Å². The van der Waals surface area contributed by atoms with Crippen molar-refractivity contribution in [3.8, 4) is 5.75 Å². The third kappa shape index (κ3) is 5.51. The quantitative estimate of drug-likeness (QED) is 0.714. The highest BCUT2D eigenvalue weighted by molar-refractivity contribution is 7.92. The van der Waals surface area contributed by atoms with Crippen molar-refractivity contribution in [1.29, 1.82) is 0 Å². The molecule has 1 atom stereocenters. The second kappa shape index (κ2) is 8.82. The monoisotopic (exact) mass is 430 g/mol. The van der Waals surface area contributed by atoms with Crippen LogP contribution in [0, 0.1) is 0 Å². The molecule has 9 heteroatoms. The standard InChI is InChI=1S/C18H20Cl2N2O4S/c1-4-17(18(23)21-14-9-12(19)8-13(20)10-14)22(27(3,24)25)15-6-5-7-16(11-15)26-2/h5-11,17H,4H2,1-3H3,(H,21,23). The van der Waals surface area contributed by atoms with Crippen molar-refractivity contribution < 1.29 is 17.9 Å². The molecule has 0 spiro atoms. The number of sulfonamides is 1. The van der Waals surface area contributed by atoms with Crippen LogP contribution >= 0.6 is 23.2 Å². The van der Waals surface area contributed by atoms with Crippen molar-refractivity contribution in [2.75, 3.05) is 23.0 Å². The molecule has 1 amide bonds.